The third kappa shape index (κ3) is 5.01. The first-order valence-electron chi connectivity index (χ1n) is 9.43. The largest absolute Gasteiger partial charge is 0.488 e. The predicted molar refractivity (Wildman–Crippen MR) is 121 cm³/mol. The van der Waals surface area contributed by atoms with Crippen LogP contribution in [0.15, 0.2) is 53.4 Å². The highest BCUT2D eigenvalue weighted by molar-refractivity contribution is 8.26. The van der Waals surface area contributed by atoms with Crippen LogP contribution in [-0.2, 0) is 16.1 Å². The van der Waals surface area contributed by atoms with Gasteiger partial charge in [0.15, 0.2) is 0 Å². The van der Waals surface area contributed by atoms with Crippen LogP contribution in [-0.4, -0.2) is 34.4 Å². The highest BCUT2D eigenvalue weighted by atomic mass is 35.5. The van der Waals surface area contributed by atoms with Crippen LogP contribution in [0, 0.1) is 0 Å². The van der Waals surface area contributed by atoms with Gasteiger partial charge in [0.05, 0.1) is 17.6 Å². The van der Waals surface area contributed by atoms with Crippen LogP contribution in [0.5, 0.6) is 5.75 Å². The van der Waals surface area contributed by atoms with E-state index in [0.717, 1.165) is 30.6 Å². The first-order valence-corrected chi connectivity index (χ1v) is 11.0. The molecule has 4 rings (SSSR count). The van der Waals surface area contributed by atoms with Gasteiger partial charge in [0, 0.05) is 17.2 Å². The van der Waals surface area contributed by atoms with E-state index in [1.807, 2.05) is 54.6 Å². The number of carbonyl (C=O) groups excluding carboxylic acids is 1. The molecule has 0 unspecified atom stereocenters. The molecule has 0 N–H and O–H groups in total. The fourth-order valence-electron chi connectivity index (χ4n) is 3.26. The second-order valence-electron chi connectivity index (χ2n) is 6.88. The number of thioether (sulfide) groups is 1. The molecule has 0 spiro atoms. The van der Waals surface area contributed by atoms with Crippen molar-refractivity contribution < 1.29 is 14.3 Å². The van der Waals surface area contributed by atoms with Crippen LogP contribution in [0.3, 0.4) is 0 Å². The van der Waals surface area contributed by atoms with E-state index < -0.39 is 0 Å². The Kier molecular flexibility index (Phi) is 6.55. The minimum atomic E-state index is -0.0667. The molecule has 2 aromatic rings. The number of para-hydroxylation sites is 1. The minimum absolute atomic E-state index is 0.0667. The van der Waals surface area contributed by atoms with E-state index >= 15 is 0 Å². The Morgan fingerprint density at radius 3 is 2.79 bits per heavy atom. The number of ether oxygens (including phenoxy) is 2. The van der Waals surface area contributed by atoms with Crippen LogP contribution < -0.4 is 4.74 Å². The average Bonchev–Trinajstić information content (AvgIpc) is 3.33. The van der Waals surface area contributed by atoms with Crippen molar-refractivity contribution in [3.8, 4) is 5.75 Å². The molecule has 150 valence electrons. The summed E-state index contributed by atoms with van der Waals surface area (Å²) in [6.07, 6.45) is 3.93. The summed E-state index contributed by atoms with van der Waals surface area (Å²) < 4.78 is 12.2. The van der Waals surface area contributed by atoms with Crippen molar-refractivity contribution in [3.63, 3.8) is 0 Å². The molecule has 0 bridgehead atoms. The summed E-state index contributed by atoms with van der Waals surface area (Å²) in [6, 6.07) is 15.2. The molecule has 4 nitrogen and oxygen atoms in total. The maximum Gasteiger partial charge on any atom is 0.266 e. The summed E-state index contributed by atoms with van der Waals surface area (Å²) in [5, 5.41) is 0.694. The van der Waals surface area contributed by atoms with Crippen molar-refractivity contribution in [2.75, 3.05) is 13.2 Å². The first kappa shape index (κ1) is 20.4. The van der Waals surface area contributed by atoms with Gasteiger partial charge in [-0.2, -0.15) is 0 Å². The van der Waals surface area contributed by atoms with Crippen LogP contribution >= 0.6 is 35.6 Å². The first-order chi connectivity index (χ1) is 14.1. The summed E-state index contributed by atoms with van der Waals surface area (Å²) in [5.74, 6) is 0.648. The van der Waals surface area contributed by atoms with Crippen molar-refractivity contribution in [2.45, 2.75) is 25.6 Å². The summed E-state index contributed by atoms with van der Waals surface area (Å²) in [6.45, 7) is 1.70. The number of hydrogen-bond donors (Lipinski definition) is 0. The lowest BCUT2D eigenvalue weighted by Gasteiger charge is -2.18. The smallest absolute Gasteiger partial charge is 0.266 e. The minimum Gasteiger partial charge on any atom is -0.488 e. The number of thiocarbonyl (C=S) groups is 1. The summed E-state index contributed by atoms with van der Waals surface area (Å²) in [5.41, 5.74) is 1.87. The Bertz CT molecular complexity index is 939. The van der Waals surface area contributed by atoms with Crippen molar-refractivity contribution in [1.82, 2.24) is 4.90 Å². The number of nitrogens with zero attached hydrogens (tertiary/aromatic N) is 1. The molecule has 2 heterocycles. The summed E-state index contributed by atoms with van der Waals surface area (Å²) >= 11 is 12.7. The molecule has 2 fully saturated rings. The molecule has 7 heteroatoms. The van der Waals surface area contributed by atoms with E-state index in [4.69, 9.17) is 33.3 Å². The number of carbonyl (C=O) groups is 1. The van der Waals surface area contributed by atoms with Gasteiger partial charge in [-0.15, -0.1) is 0 Å². The number of amides is 1. The van der Waals surface area contributed by atoms with Gasteiger partial charge in [0.2, 0.25) is 0 Å². The Labute approximate surface area is 184 Å². The normalized spacial score (nSPS) is 20.7. The SMILES string of the molecule is O=C1/C(=C/c2ccccc2OCc2ccc(Cl)cc2)SC(=S)N1C[C@@H]1CCCO1. The molecule has 2 aliphatic heterocycles. The zero-order chi connectivity index (χ0) is 20.2. The molecule has 29 heavy (non-hydrogen) atoms. The van der Waals surface area contributed by atoms with E-state index in [1.165, 1.54) is 11.8 Å². The van der Waals surface area contributed by atoms with Crippen molar-refractivity contribution in [2.24, 2.45) is 0 Å². The summed E-state index contributed by atoms with van der Waals surface area (Å²) in [7, 11) is 0. The van der Waals surface area contributed by atoms with Gasteiger partial charge in [-0.25, -0.2) is 0 Å². The van der Waals surface area contributed by atoms with Gasteiger partial charge in [-0.05, 0) is 42.7 Å². The van der Waals surface area contributed by atoms with E-state index in [1.54, 1.807) is 4.90 Å². The van der Waals surface area contributed by atoms with Gasteiger partial charge in [-0.1, -0.05) is 65.9 Å². The quantitative estimate of drug-likeness (QED) is 0.445. The Morgan fingerprint density at radius 1 is 1.24 bits per heavy atom. The third-order valence-electron chi connectivity index (χ3n) is 4.80. The molecule has 1 amide bonds. The maximum absolute atomic E-state index is 12.9. The van der Waals surface area contributed by atoms with E-state index in [2.05, 4.69) is 0 Å². The van der Waals surface area contributed by atoms with Crippen LogP contribution in [0.2, 0.25) is 5.02 Å². The lowest BCUT2D eigenvalue weighted by atomic mass is 10.1. The number of benzene rings is 2. The van der Waals surface area contributed by atoms with Crippen LogP contribution in [0.4, 0.5) is 0 Å². The molecule has 0 radical (unpaired) electrons. The third-order valence-corrected chi connectivity index (χ3v) is 6.43. The van der Waals surface area contributed by atoms with Gasteiger partial charge in [0.1, 0.15) is 16.7 Å². The van der Waals surface area contributed by atoms with Gasteiger partial charge >= 0.3 is 0 Å². The van der Waals surface area contributed by atoms with Crippen molar-refractivity contribution in [1.29, 1.82) is 0 Å². The van der Waals surface area contributed by atoms with Gasteiger partial charge in [0.25, 0.3) is 5.91 Å². The number of hydrogen-bond acceptors (Lipinski definition) is 5. The summed E-state index contributed by atoms with van der Waals surface area (Å²) in [4.78, 5) is 15.1. The van der Waals surface area contributed by atoms with E-state index in [9.17, 15) is 4.79 Å². The van der Waals surface area contributed by atoms with Crippen molar-refractivity contribution in [3.05, 3.63) is 69.6 Å². The fourth-order valence-corrected chi connectivity index (χ4v) is 4.66. The average molecular weight is 446 g/mol. The molecule has 0 aliphatic carbocycles. The molecule has 1 atom stereocenters. The molecule has 2 aromatic carbocycles. The monoisotopic (exact) mass is 445 g/mol. The van der Waals surface area contributed by atoms with Crippen LogP contribution in [0.1, 0.15) is 24.0 Å². The molecular weight excluding hydrogens is 426 g/mol. The van der Waals surface area contributed by atoms with E-state index in [0.29, 0.717) is 33.1 Å². The van der Waals surface area contributed by atoms with Crippen molar-refractivity contribution >= 4 is 51.9 Å². The van der Waals surface area contributed by atoms with Gasteiger partial charge < -0.3 is 9.47 Å². The second kappa shape index (κ2) is 9.30. The lowest BCUT2D eigenvalue weighted by Crippen LogP contribution is -2.35. The van der Waals surface area contributed by atoms with Gasteiger partial charge in [-0.3, -0.25) is 9.69 Å². The molecular formula is C22H20ClNO3S2. The Hall–Kier alpha value is -1.86. The second-order valence-corrected chi connectivity index (χ2v) is 8.99. The molecule has 2 saturated heterocycles. The van der Waals surface area contributed by atoms with Crippen LogP contribution in [0.25, 0.3) is 6.08 Å². The zero-order valence-corrected chi connectivity index (χ0v) is 18.1. The van der Waals surface area contributed by atoms with E-state index in [-0.39, 0.29) is 12.0 Å². The predicted octanol–water partition coefficient (Wildman–Crippen LogP) is 5.30. The Balaban J connectivity index is 1.48. The molecule has 2 aliphatic rings. The Morgan fingerprint density at radius 2 is 2.03 bits per heavy atom. The molecule has 0 saturated carbocycles. The standard InChI is InChI=1S/C22H20ClNO3S2/c23-17-9-7-15(8-10-17)14-27-19-6-2-1-4-16(19)12-20-21(25)24(22(28)29-20)13-18-5-3-11-26-18/h1-2,4,6-10,12,18H,3,5,11,13-14H2/b20-12-/t18-/m0/s1. The number of halogens is 1. The highest BCUT2D eigenvalue weighted by Crippen LogP contribution is 2.35. The highest BCUT2D eigenvalue weighted by Gasteiger charge is 2.34. The maximum atomic E-state index is 12.9. The molecule has 0 aromatic heterocycles. The zero-order valence-electron chi connectivity index (χ0n) is 15.7. The topological polar surface area (TPSA) is 38.8 Å². The fraction of sp³-hybridized carbons (Fsp3) is 0.273. The number of rotatable bonds is 6. The lowest BCUT2D eigenvalue weighted by molar-refractivity contribution is -0.123.